The minimum Gasteiger partial charge on any atom is -0.508 e. The zero-order valence-electron chi connectivity index (χ0n) is 25.1. The zero-order chi connectivity index (χ0) is 31.6. The highest BCUT2D eigenvalue weighted by atomic mass is 16.5. The van der Waals surface area contributed by atoms with Crippen LogP contribution in [0.15, 0.2) is 84.4 Å². The van der Waals surface area contributed by atoms with E-state index in [2.05, 4.69) is 0 Å². The Morgan fingerprint density at radius 2 is 1.60 bits per heavy atom. The quantitative estimate of drug-likeness (QED) is 0.311. The van der Waals surface area contributed by atoms with Crippen LogP contribution in [0.5, 0.6) is 17.2 Å². The fraction of sp³-hybridized carbons (Fsp3) is 0.333. The van der Waals surface area contributed by atoms with Crippen molar-refractivity contribution in [2.24, 2.45) is 29.1 Å². The number of allylic oxidation sites excluding steroid dienone is 2. The Morgan fingerprint density at radius 3 is 2.31 bits per heavy atom. The highest BCUT2D eigenvalue weighted by molar-refractivity contribution is 6.24. The first-order valence-corrected chi connectivity index (χ1v) is 15.3. The molecule has 0 unspecified atom stereocenters. The molecular weight excluding hydrogens is 572 g/mol. The van der Waals surface area contributed by atoms with E-state index < -0.39 is 35.0 Å². The molecule has 9 heteroatoms. The second kappa shape index (κ2) is 10.6. The lowest BCUT2D eigenvalue weighted by Crippen LogP contribution is -2.49. The van der Waals surface area contributed by atoms with E-state index in [1.54, 1.807) is 73.7 Å². The Morgan fingerprint density at radius 1 is 0.867 bits per heavy atom. The molecule has 3 fully saturated rings. The van der Waals surface area contributed by atoms with Crippen molar-refractivity contribution >= 4 is 29.3 Å². The SMILES string of the molecule is COc1cccc([C@H]2C3=CC[C@@H]4C(=O)N(CCc5ccc(O)cc5)C(=O)[C@@H]4[C@@H]3C[C@H]3C(=O)N(c4ccccc4)C(=O)[C@@]23C)c1O. The van der Waals surface area contributed by atoms with Gasteiger partial charge in [0.05, 0.1) is 36.0 Å². The van der Waals surface area contributed by atoms with Gasteiger partial charge in [-0.25, -0.2) is 4.90 Å². The Hall–Kier alpha value is -4.92. The smallest absolute Gasteiger partial charge is 0.241 e. The first-order chi connectivity index (χ1) is 21.7. The van der Waals surface area contributed by atoms with Crippen molar-refractivity contribution < 1.29 is 34.1 Å². The van der Waals surface area contributed by atoms with Crippen molar-refractivity contribution in [1.82, 2.24) is 4.90 Å². The maximum Gasteiger partial charge on any atom is 0.241 e. The van der Waals surface area contributed by atoms with Gasteiger partial charge in [-0.1, -0.05) is 54.1 Å². The van der Waals surface area contributed by atoms with Crippen LogP contribution >= 0.6 is 0 Å². The predicted octanol–water partition coefficient (Wildman–Crippen LogP) is 4.58. The predicted molar refractivity (Wildman–Crippen MR) is 164 cm³/mol. The Balaban J connectivity index is 1.30. The number of amides is 4. The van der Waals surface area contributed by atoms with Gasteiger partial charge in [0.2, 0.25) is 23.6 Å². The molecular formula is C36H34N2O7. The first kappa shape index (κ1) is 28.8. The molecule has 2 aliphatic carbocycles. The topological polar surface area (TPSA) is 124 Å². The number of fused-ring (bicyclic) bond motifs is 4. The Bertz CT molecular complexity index is 1750. The van der Waals surface area contributed by atoms with Gasteiger partial charge >= 0.3 is 0 Å². The average Bonchev–Trinajstić information content (AvgIpc) is 3.40. The summed E-state index contributed by atoms with van der Waals surface area (Å²) in [6, 6.07) is 20.6. The van der Waals surface area contributed by atoms with E-state index in [1.165, 1.54) is 16.9 Å². The molecule has 3 aromatic carbocycles. The molecule has 4 aliphatic rings. The number of anilines is 1. The number of carbonyl (C=O) groups is 4. The van der Waals surface area contributed by atoms with Gasteiger partial charge in [0.1, 0.15) is 5.75 Å². The van der Waals surface area contributed by atoms with E-state index in [0.717, 1.165) is 11.1 Å². The molecule has 3 aromatic rings. The summed E-state index contributed by atoms with van der Waals surface area (Å²) in [5, 5.41) is 21.0. The largest absolute Gasteiger partial charge is 0.508 e. The van der Waals surface area contributed by atoms with Crippen molar-refractivity contribution in [2.45, 2.75) is 32.1 Å². The first-order valence-electron chi connectivity index (χ1n) is 15.3. The van der Waals surface area contributed by atoms with Crippen molar-refractivity contribution in [3.8, 4) is 17.2 Å². The number of methoxy groups -OCH3 is 1. The summed E-state index contributed by atoms with van der Waals surface area (Å²) in [4.78, 5) is 59.0. The lowest BCUT2D eigenvalue weighted by atomic mass is 9.51. The molecule has 0 radical (unpaired) electrons. The third-order valence-electron chi connectivity index (χ3n) is 10.5. The number of para-hydroxylation sites is 2. The lowest BCUT2D eigenvalue weighted by Gasteiger charge is -2.49. The molecule has 2 heterocycles. The van der Waals surface area contributed by atoms with Crippen LogP contribution in [0.3, 0.4) is 0 Å². The maximum atomic E-state index is 14.5. The maximum absolute atomic E-state index is 14.5. The molecule has 7 rings (SSSR count). The van der Waals surface area contributed by atoms with Gasteiger partial charge in [-0.15, -0.1) is 0 Å². The molecule has 4 amide bonds. The van der Waals surface area contributed by atoms with Crippen LogP contribution < -0.4 is 9.64 Å². The highest BCUT2D eigenvalue weighted by Gasteiger charge is 2.67. The van der Waals surface area contributed by atoms with Crippen LogP contribution in [0.2, 0.25) is 0 Å². The molecule has 6 atom stereocenters. The molecule has 230 valence electrons. The number of phenolic OH excluding ortho intramolecular Hbond substituents is 2. The minimum absolute atomic E-state index is 0.114. The number of carbonyl (C=O) groups excluding carboxylic acids is 4. The number of likely N-dealkylation sites (tertiary alicyclic amines) is 1. The van der Waals surface area contributed by atoms with Gasteiger partial charge < -0.3 is 14.9 Å². The molecule has 0 spiro atoms. The summed E-state index contributed by atoms with van der Waals surface area (Å²) in [6.45, 7) is 2.00. The number of imide groups is 2. The molecule has 2 N–H and O–H groups in total. The third-order valence-corrected chi connectivity index (χ3v) is 10.5. The van der Waals surface area contributed by atoms with E-state index in [4.69, 9.17) is 4.74 Å². The molecule has 0 bridgehead atoms. The number of ether oxygens (including phenoxy) is 1. The number of aromatic hydroxyl groups is 2. The van der Waals surface area contributed by atoms with Crippen LogP contribution in [0.1, 0.15) is 36.8 Å². The molecule has 45 heavy (non-hydrogen) atoms. The standard InChI is InChI=1S/C36H34N2O7/c1-36-27(33(42)38(35(36)44)21-7-4-3-5-8-21)19-26-23(30(36)25-9-6-10-28(45-2)31(25)40)15-16-24-29(26)34(43)37(32(24)41)18-17-20-11-13-22(39)14-12-20/h3-15,24,26-27,29-30,39-40H,16-19H2,1-2H3/t24-,26+,27-,29-,30+,36+/m0/s1. The molecule has 2 saturated heterocycles. The van der Waals surface area contributed by atoms with Crippen LogP contribution in [0, 0.1) is 29.1 Å². The Labute approximate surface area is 260 Å². The van der Waals surface area contributed by atoms with Gasteiger partial charge in [-0.2, -0.15) is 0 Å². The molecule has 9 nitrogen and oxygen atoms in total. The fourth-order valence-corrected chi connectivity index (χ4v) is 8.31. The van der Waals surface area contributed by atoms with Crippen molar-refractivity contribution in [1.29, 1.82) is 0 Å². The van der Waals surface area contributed by atoms with E-state index in [0.29, 0.717) is 24.1 Å². The van der Waals surface area contributed by atoms with Crippen molar-refractivity contribution in [3.63, 3.8) is 0 Å². The number of nitrogens with zero attached hydrogens (tertiary/aromatic N) is 2. The van der Waals surface area contributed by atoms with E-state index >= 15 is 0 Å². The van der Waals surface area contributed by atoms with Crippen LogP contribution in [0.25, 0.3) is 0 Å². The second-order valence-electron chi connectivity index (χ2n) is 12.6. The summed E-state index contributed by atoms with van der Waals surface area (Å²) in [5.41, 5.74) is 1.36. The Kier molecular flexibility index (Phi) is 6.80. The van der Waals surface area contributed by atoms with Gasteiger partial charge in [0.15, 0.2) is 11.5 Å². The van der Waals surface area contributed by atoms with Gasteiger partial charge in [0, 0.05) is 18.0 Å². The van der Waals surface area contributed by atoms with Gasteiger partial charge in [-0.3, -0.25) is 24.1 Å². The molecule has 1 saturated carbocycles. The van der Waals surface area contributed by atoms with E-state index in [1.807, 2.05) is 12.1 Å². The lowest BCUT2D eigenvalue weighted by molar-refractivity contribution is -0.140. The average molecular weight is 607 g/mol. The molecule has 0 aromatic heterocycles. The molecule has 2 aliphatic heterocycles. The fourth-order valence-electron chi connectivity index (χ4n) is 8.31. The van der Waals surface area contributed by atoms with Crippen molar-refractivity contribution in [2.75, 3.05) is 18.6 Å². The summed E-state index contributed by atoms with van der Waals surface area (Å²) in [5.74, 6) is -4.15. The van der Waals surface area contributed by atoms with E-state index in [9.17, 15) is 29.4 Å². The number of phenols is 2. The van der Waals surface area contributed by atoms with Crippen molar-refractivity contribution in [3.05, 3.63) is 95.6 Å². The van der Waals surface area contributed by atoms with Crippen LogP contribution in [0.4, 0.5) is 5.69 Å². The number of benzene rings is 3. The summed E-state index contributed by atoms with van der Waals surface area (Å²) in [6.07, 6.45) is 2.98. The summed E-state index contributed by atoms with van der Waals surface area (Å²) in [7, 11) is 1.45. The monoisotopic (exact) mass is 606 g/mol. The number of hydrogen-bond donors (Lipinski definition) is 2. The number of rotatable bonds is 6. The number of hydrogen-bond acceptors (Lipinski definition) is 7. The normalized spacial score (nSPS) is 28.9. The van der Waals surface area contributed by atoms with Gasteiger partial charge in [-0.05, 0) is 68.0 Å². The zero-order valence-corrected chi connectivity index (χ0v) is 25.1. The van der Waals surface area contributed by atoms with E-state index in [-0.39, 0.29) is 53.8 Å². The van der Waals surface area contributed by atoms with Crippen LogP contribution in [-0.4, -0.2) is 52.4 Å². The van der Waals surface area contributed by atoms with Crippen LogP contribution in [-0.2, 0) is 25.6 Å². The summed E-state index contributed by atoms with van der Waals surface area (Å²) >= 11 is 0. The van der Waals surface area contributed by atoms with Gasteiger partial charge in [0.25, 0.3) is 0 Å². The minimum atomic E-state index is -1.25. The second-order valence-corrected chi connectivity index (χ2v) is 12.6. The third kappa shape index (κ3) is 4.20. The highest BCUT2D eigenvalue weighted by Crippen LogP contribution is 2.64. The summed E-state index contributed by atoms with van der Waals surface area (Å²) < 4.78 is 5.43.